The molecule has 0 spiro atoms. The highest BCUT2D eigenvalue weighted by molar-refractivity contribution is 5.68. The van der Waals surface area contributed by atoms with Gasteiger partial charge in [-0.05, 0) is 31.2 Å². The van der Waals surface area contributed by atoms with E-state index in [-0.39, 0.29) is 5.97 Å². The molecule has 0 aliphatic carbocycles. The summed E-state index contributed by atoms with van der Waals surface area (Å²) in [6.07, 6.45) is 5.20. The first-order valence-corrected chi connectivity index (χ1v) is 5.79. The first-order valence-electron chi connectivity index (χ1n) is 5.79. The lowest BCUT2D eigenvalue weighted by Gasteiger charge is -2.13. The van der Waals surface area contributed by atoms with Crippen molar-refractivity contribution in [2.75, 3.05) is 19.6 Å². The van der Waals surface area contributed by atoms with Crippen LogP contribution in [0.1, 0.15) is 38.5 Å². The number of azide groups is 1. The molecule has 0 unspecified atom stereocenters. The number of hydrogen-bond donors (Lipinski definition) is 0. The first-order chi connectivity index (χ1) is 7.83. The average molecular weight is 226 g/mol. The minimum atomic E-state index is -0.148. The molecular formula is C10H18N4O2. The molecule has 0 amide bonds. The first kappa shape index (κ1) is 12.8. The van der Waals surface area contributed by atoms with Gasteiger partial charge in [0.2, 0.25) is 0 Å². The summed E-state index contributed by atoms with van der Waals surface area (Å²) in [5, 5.41) is 5.17. The van der Waals surface area contributed by atoms with Gasteiger partial charge in [-0.1, -0.05) is 11.5 Å². The Morgan fingerprint density at radius 2 is 2.06 bits per heavy atom. The van der Waals surface area contributed by atoms with Crippen LogP contribution >= 0.6 is 0 Å². The predicted molar refractivity (Wildman–Crippen MR) is 59.4 cm³/mol. The Morgan fingerprint density at radius 1 is 1.31 bits per heavy atom. The summed E-state index contributed by atoms with van der Waals surface area (Å²) in [4.78, 5) is 19.2. The zero-order valence-corrected chi connectivity index (χ0v) is 9.47. The molecule has 1 saturated heterocycles. The molecule has 1 rings (SSSR count). The van der Waals surface area contributed by atoms with E-state index in [2.05, 4.69) is 10.0 Å². The van der Waals surface area contributed by atoms with Crippen LogP contribution in [0.25, 0.3) is 10.4 Å². The zero-order chi connectivity index (χ0) is 11.6. The van der Waals surface area contributed by atoms with Crippen LogP contribution in [-0.2, 0) is 9.63 Å². The van der Waals surface area contributed by atoms with Gasteiger partial charge < -0.3 is 4.84 Å². The minimum Gasteiger partial charge on any atom is -0.368 e. The third-order valence-electron chi connectivity index (χ3n) is 2.50. The molecule has 0 saturated carbocycles. The molecule has 1 aliphatic heterocycles. The van der Waals surface area contributed by atoms with Crippen LogP contribution in [0, 0.1) is 0 Å². The number of rotatable bonds is 7. The van der Waals surface area contributed by atoms with Crippen LogP contribution in [0.4, 0.5) is 0 Å². The second-order valence-electron chi connectivity index (χ2n) is 3.86. The molecule has 0 aromatic rings. The highest BCUT2D eigenvalue weighted by atomic mass is 16.7. The maximum absolute atomic E-state index is 11.3. The molecule has 1 heterocycles. The Labute approximate surface area is 95.1 Å². The summed E-state index contributed by atoms with van der Waals surface area (Å²) in [6, 6.07) is 0. The molecular weight excluding hydrogens is 208 g/mol. The SMILES string of the molecule is [N-]=[N+]=NCCCCCC(=O)ON1CCCC1. The van der Waals surface area contributed by atoms with Gasteiger partial charge in [0.25, 0.3) is 0 Å². The molecule has 0 radical (unpaired) electrons. The summed E-state index contributed by atoms with van der Waals surface area (Å²) in [5.41, 5.74) is 8.05. The monoisotopic (exact) mass is 226 g/mol. The number of hydrogen-bond acceptors (Lipinski definition) is 4. The number of unbranched alkanes of at least 4 members (excludes halogenated alkanes) is 2. The summed E-state index contributed by atoms with van der Waals surface area (Å²) < 4.78 is 0. The van der Waals surface area contributed by atoms with E-state index >= 15 is 0 Å². The van der Waals surface area contributed by atoms with Gasteiger partial charge in [-0.25, -0.2) is 0 Å². The number of hydroxylamine groups is 2. The fourth-order valence-corrected chi connectivity index (χ4v) is 1.64. The van der Waals surface area contributed by atoms with Gasteiger partial charge >= 0.3 is 5.97 Å². The van der Waals surface area contributed by atoms with E-state index in [9.17, 15) is 4.79 Å². The van der Waals surface area contributed by atoms with Gasteiger partial charge in [0.15, 0.2) is 0 Å². The molecule has 0 N–H and O–H groups in total. The van der Waals surface area contributed by atoms with Crippen molar-refractivity contribution in [3.8, 4) is 0 Å². The van der Waals surface area contributed by atoms with E-state index in [1.807, 2.05) is 0 Å². The molecule has 90 valence electrons. The fraction of sp³-hybridized carbons (Fsp3) is 0.900. The lowest BCUT2D eigenvalue weighted by atomic mass is 10.2. The van der Waals surface area contributed by atoms with Gasteiger partial charge in [-0.15, -0.1) is 5.06 Å². The summed E-state index contributed by atoms with van der Waals surface area (Å²) in [6.45, 7) is 2.24. The van der Waals surface area contributed by atoms with E-state index in [1.165, 1.54) is 0 Å². The third kappa shape index (κ3) is 5.58. The summed E-state index contributed by atoms with van der Waals surface area (Å²) >= 11 is 0. The molecule has 0 aromatic carbocycles. The zero-order valence-electron chi connectivity index (χ0n) is 9.47. The topological polar surface area (TPSA) is 78.3 Å². The Bertz CT molecular complexity index is 258. The number of carbonyl (C=O) groups is 1. The van der Waals surface area contributed by atoms with Gasteiger partial charge in [0, 0.05) is 31.0 Å². The Morgan fingerprint density at radius 3 is 2.75 bits per heavy atom. The summed E-state index contributed by atoms with van der Waals surface area (Å²) in [5.74, 6) is -0.148. The van der Waals surface area contributed by atoms with Crippen molar-refractivity contribution in [2.24, 2.45) is 5.11 Å². The van der Waals surface area contributed by atoms with E-state index in [0.717, 1.165) is 45.2 Å². The second kappa shape index (κ2) is 7.96. The Balaban J connectivity index is 1.95. The second-order valence-corrected chi connectivity index (χ2v) is 3.86. The smallest absolute Gasteiger partial charge is 0.325 e. The highest BCUT2D eigenvalue weighted by Crippen LogP contribution is 2.09. The highest BCUT2D eigenvalue weighted by Gasteiger charge is 2.15. The summed E-state index contributed by atoms with van der Waals surface area (Å²) in [7, 11) is 0. The van der Waals surface area contributed by atoms with Crippen molar-refractivity contribution < 1.29 is 9.63 Å². The fourth-order valence-electron chi connectivity index (χ4n) is 1.64. The standard InChI is InChI=1S/C10H18N4O2/c11-13-12-7-3-1-2-6-10(15)16-14-8-4-5-9-14/h1-9H2. The molecule has 0 aromatic heterocycles. The largest absolute Gasteiger partial charge is 0.368 e. The van der Waals surface area contributed by atoms with Gasteiger partial charge in [0.1, 0.15) is 0 Å². The van der Waals surface area contributed by atoms with Gasteiger partial charge in [-0.2, -0.15) is 0 Å². The minimum absolute atomic E-state index is 0.148. The molecule has 1 fully saturated rings. The van der Waals surface area contributed by atoms with Crippen molar-refractivity contribution in [3.63, 3.8) is 0 Å². The molecule has 6 heteroatoms. The third-order valence-corrected chi connectivity index (χ3v) is 2.50. The molecule has 0 atom stereocenters. The molecule has 6 nitrogen and oxygen atoms in total. The number of carbonyl (C=O) groups excluding carboxylic acids is 1. The van der Waals surface area contributed by atoms with Crippen molar-refractivity contribution >= 4 is 5.97 Å². The van der Waals surface area contributed by atoms with Crippen molar-refractivity contribution in [3.05, 3.63) is 10.4 Å². The van der Waals surface area contributed by atoms with Crippen molar-refractivity contribution in [1.82, 2.24) is 5.06 Å². The van der Waals surface area contributed by atoms with E-state index in [1.54, 1.807) is 5.06 Å². The van der Waals surface area contributed by atoms with Crippen LogP contribution in [0.5, 0.6) is 0 Å². The maximum Gasteiger partial charge on any atom is 0.325 e. The predicted octanol–water partition coefficient (Wildman–Crippen LogP) is 2.41. The molecule has 16 heavy (non-hydrogen) atoms. The molecule has 0 bridgehead atoms. The lowest BCUT2D eigenvalue weighted by Crippen LogP contribution is -2.23. The van der Waals surface area contributed by atoms with E-state index in [0.29, 0.717) is 13.0 Å². The quantitative estimate of drug-likeness (QED) is 0.289. The number of nitrogens with zero attached hydrogens (tertiary/aromatic N) is 4. The average Bonchev–Trinajstić information content (AvgIpc) is 2.76. The maximum atomic E-state index is 11.3. The Kier molecular flexibility index (Phi) is 6.37. The van der Waals surface area contributed by atoms with Crippen LogP contribution in [0.3, 0.4) is 0 Å². The van der Waals surface area contributed by atoms with Crippen LogP contribution in [0.2, 0.25) is 0 Å². The van der Waals surface area contributed by atoms with Crippen LogP contribution in [0.15, 0.2) is 5.11 Å². The van der Waals surface area contributed by atoms with Gasteiger partial charge in [-0.3, -0.25) is 4.79 Å². The molecule has 1 aliphatic rings. The lowest BCUT2D eigenvalue weighted by molar-refractivity contribution is -0.185. The Hall–Kier alpha value is -1.26. The van der Waals surface area contributed by atoms with Crippen molar-refractivity contribution in [1.29, 1.82) is 0 Å². The van der Waals surface area contributed by atoms with E-state index < -0.39 is 0 Å². The van der Waals surface area contributed by atoms with Crippen LogP contribution < -0.4 is 0 Å². The van der Waals surface area contributed by atoms with Crippen molar-refractivity contribution in [2.45, 2.75) is 38.5 Å². The van der Waals surface area contributed by atoms with Crippen LogP contribution in [-0.4, -0.2) is 30.7 Å². The van der Waals surface area contributed by atoms with E-state index in [4.69, 9.17) is 10.4 Å². The normalized spacial score (nSPS) is 15.8. The van der Waals surface area contributed by atoms with Gasteiger partial charge in [0.05, 0.1) is 0 Å².